The van der Waals surface area contributed by atoms with E-state index >= 15 is 0 Å². The molecule has 2 nitrogen and oxygen atoms in total. The molecule has 0 rings (SSSR count). The molecule has 0 saturated carbocycles. The normalized spacial score (nSPS) is 17.1. The van der Waals surface area contributed by atoms with E-state index in [0.717, 1.165) is 19.0 Å². The summed E-state index contributed by atoms with van der Waals surface area (Å²) in [4.78, 5) is 2.43. The first-order chi connectivity index (χ1) is 6.34. The van der Waals surface area contributed by atoms with E-state index in [1.165, 1.54) is 6.42 Å². The SMILES string of the molecule is CCC(C)C(C)N(C)CC(C)(C)CN. The zero-order valence-electron chi connectivity index (χ0n) is 10.8. The van der Waals surface area contributed by atoms with Crippen molar-refractivity contribution in [2.24, 2.45) is 17.1 Å². The number of hydrogen-bond donors (Lipinski definition) is 1. The molecule has 2 atom stereocenters. The minimum absolute atomic E-state index is 0.233. The zero-order chi connectivity index (χ0) is 11.4. The molecule has 0 amide bonds. The summed E-state index contributed by atoms with van der Waals surface area (Å²) in [7, 11) is 2.20. The topological polar surface area (TPSA) is 29.3 Å². The molecule has 0 aliphatic rings. The van der Waals surface area contributed by atoms with Crippen molar-refractivity contribution < 1.29 is 0 Å². The van der Waals surface area contributed by atoms with Crippen LogP contribution in [0.2, 0.25) is 0 Å². The van der Waals surface area contributed by atoms with Gasteiger partial charge in [0, 0.05) is 12.6 Å². The van der Waals surface area contributed by atoms with Gasteiger partial charge < -0.3 is 10.6 Å². The van der Waals surface area contributed by atoms with E-state index in [1.807, 2.05) is 0 Å². The predicted molar refractivity (Wildman–Crippen MR) is 64.4 cm³/mol. The number of nitrogens with two attached hydrogens (primary N) is 1. The number of rotatable bonds is 6. The van der Waals surface area contributed by atoms with Gasteiger partial charge in [0.05, 0.1) is 0 Å². The van der Waals surface area contributed by atoms with Crippen molar-refractivity contribution in [2.75, 3.05) is 20.1 Å². The van der Waals surface area contributed by atoms with Crippen LogP contribution >= 0.6 is 0 Å². The van der Waals surface area contributed by atoms with Gasteiger partial charge in [-0.15, -0.1) is 0 Å². The van der Waals surface area contributed by atoms with E-state index in [1.54, 1.807) is 0 Å². The monoisotopic (exact) mass is 200 g/mol. The fraction of sp³-hybridized carbons (Fsp3) is 1.00. The molecule has 14 heavy (non-hydrogen) atoms. The van der Waals surface area contributed by atoms with E-state index < -0.39 is 0 Å². The highest BCUT2D eigenvalue weighted by Crippen LogP contribution is 2.19. The van der Waals surface area contributed by atoms with Crippen molar-refractivity contribution in [3.05, 3.63) is 0 Å². The molecule has 2 unspecified atom stereocenters. The van der Waals surface area contributed by atoms with Crippen LogP contribution in [-0.2, 0) is 0 Å². The largest absolute Gasteiger partial charge is 0.330 e. The summed E-state index contributed by atoms with van der Waals surface area (Å²) >= 11 is 0. The van der Waals surface area contributed by atoms with E-state index in [0.29, 0.717) is 6.04 Å². The summed E-state index contributed by atoms with van der Waals surface area (Å²) in [5, 5.41) is 0. The van der Waals surface area contributed by atoms with Crippen molar-refractivity contribution >= 4 is 0 Å². The molecule has 0 aromatic rings. The lowest BCUT2D eigenvalue weighted by atomic mass is 9.91. The summed E-state index contributed by atoms with van der Waals surface area (Å²) < 4.78 is 0. The maximum Gasteiger partial charge on any atom is 0.00896 e. The Morgan fingerprint density at radius 3 is 2.14 bits per heavy atom. The van der Waals surface area contributed by atoms with E-state index in [-0.39, 0.29) is 5.41 Å². The van der Waals surface area contributed by atoms with Crippen LogP contribution < -0.4 is 5.73 Å². The average molecular weight is 200 g/mol. The van der Waals surface area contributed by atoms with E-state index in [9.17, 15) is 0 Å². The van der Waals surface area contributed by atoms with Gasteiger partial charge in [-0.25, -0.2) is 0 Å². The van der Waals surface area contributed by atoms with Crippen LogP contribution in [-0.4, -0.2) is 31.1 Å². The summed E-state index contributed by atoms with van der Waals surface area (Å²) in [6, 6.07) is 0.644. The molecular formula is C12H28N2. The van der Waals surface area contributed by atoms with Gasteiger partial charge in [0.1, 0.15) is 0 Å². The van der Waals surface area contributed by atoms with Crippen molar-refractivity contribution in [3.63, 3.8) is 0 Å². The maximum absolute atomic E-state index is 5.74. The van der Waals surface area contributed by atoms with Crippen LogP contribution in [0.1, 0.15) is 41.0 Å². The summed E-state index contributed by atoms with van der Waals surface area (Å²) in [6.07, 6.45) is 1.24. The van der Waals surface area contributed by atoms with Crippen LogP contribution in [0.4, 0.5) is 0 Å². The molecule has 0 heterocycles. The molecule has 0 aliphatic carbocycles. The molecule has 2 heteroatoms. The molecule has 2 N–H and O–H groups in total. The van der Waals surface area contributed by atoms with Crippen LogP contribution in [0.25, 0.3) is 0 Å². The Morgan fingerprint density at radius 1 is 1.29 bits per heavy atom. The highest BCUT2D eigenvalue weighted by molar-refractivity contribution is 4.77. The summed E-state index contributed by atoms with van der Waals surface area (Å²) in [5.41, 5.74) is 5.97. The van der Waals surface area contributed by atoms with E-state index in [4.69, 9.17) is 5.73 Å². The maximum atomic E-state index is 5.74. The summed E-state index contributed by atoms with van der Waals surface area (Å²) in [5.74, 6) is 0.758. The van der Waals surface area contributed by atoms with Gasteiger partial charge in [-0.2, -0.15) is 0 Å². The zero-order valence-corrected chi connectivity index (χ0v) is 10.8. The van der Waals surface area contributed by atoms with E-state index in [2.05, 4.69) is 46.6 Å². The standard InChI is InChI=1S/C12H28N2/c1-7-10(2)11(3)14(6)9-12(4,5)8-13/h10-11H,7-9,13H2,1-6H3. The average Bonchev–Trinajstić information content (AvgIpc) is 2.14. The van der Waals surface area contributed by atoms with Crippen LogP contribution in [0.3, 0.4) is 0 Å². The second kappa shape index (κ2) is 5.72. The van der Waals surface area contributed by atoms with Crippen LogP contribution in [0, 0.1) is 11.3 Å². The van der Waals surface area contributed by atoms with Gasteiger partial charge in [0.15, 0.2) is 0 Å². The van der Waals surface area contributed by atoms with Gasteiger partial charge in [-0.05, 0) is 31.8 Å². The third kappa shape index (κ3) is 4.43. The third-order valence-corrected chi connectivity index (χ3v) is 3.39. The molecule has 0 aromatic heterocycles. The van der Waals surface area contributed by atoms with Crippen molar-refractivity contribution in [1.82, 2.24) is 4.90 Å². The molecule has 0 bridgehead atoms. The minimum Gasteiger partial charge on any atom is -0.330 e. The van der Waals surface area contributed by atoms with Crippen molar-refractivity contribution in [1.29, 1.82) is 0 Å². The van der Waals surface area contributed by atoms with Crippen molar-refractivity contribution in [3.8, 4) is 0 Å². The summed E-state index contributed by atoms with van der Waals surface area (Å²) in [6.45, 7) is 13.2. The lowest BCUT2D eigenvalue weighted by molar-refractivity contribution is 0.138. The number of nitrogens with zero attached hydrogens (tertiary/aromatic N) is 1. The van der Waals surface area contributed by atoms with Crippen LogP contribution in [0.15, 0.2) is 0 Å². The van der Waals surface area contributed by atoms with Gasteiger partial charge in [0.25, 0.3) is 0 Å². The quantitative estimate of drug-likeness (QED) is 0.713. The van der Waals surface area contributed by atoms with Crippen LogP contribution in [0.5, 0.6) is 0 Å². The first kappa shape index (κ1) is 13.9. The highest BCUT2D eigenvalue weighted by Gasteiger charge is 2.22. The molecule has 0 fully saturated rings. The Kier molecular flexibility index (Phi) is 5.68. The predicted octanol–water partition coefficient (Wildman–Crippen LogP) is 2.34. The molecule has 0 radical (unpaired) electrons. The fourth-order valence-electron chi connectivity index (χ4n) is 1.66. The smallest absolute Gasteiger partial charge is 0.00896 e. The number of hydrogen-bond acceptors (Lipinski definition) is 2. The lowest BCUT2D eigenvalue weighted by Gasteiger charge is -2.35. The Bertz CT molecular complexity index is 154. The highest BCUT2D eigenvalue weighted by atomic mass is 15.1. The van der Waals surface area contributed by atoms with Gasteiger partial charge in [-0.1, -0.05) is 34.1 Å². The first-order valence-electron chi connectivity index (χ1n) is 5.74. The van der Waals surface area contributed by atoms with Gasteiger partial charge >= 0.3 is 0 Å². The Morgan fingerprint density at radius 2 is 1.79 bits per heavy atom. The fourth-order valence-corrected chi connectivity index (χ4v) is 1.66. The van der Waals surface area contributed by atoms with Gasteiger partial charge in [0.2, 0.25) is 0 Å². The molecule has 0 saturated heterocycles. The first-order valence-corrected chi connectivity index (χ1v) is 5.74. The molecule has 0 aromatic carbocycles. The Balaban J connectivity index is 4.13. The minimum atomic E-state index is 0.233. The Hall–Kier alpha value is -0.0800. The Labute approximate surface area is 89.9 Å². The molecule has 86 valence electrons. The molecular weight excluding hydrogens is 172 g/mol. The second-order valence-corrected chi connectivity index (χ2v) is 5.41. The van der Waals surface area contributed by atoms with Gasteiger partial charge in [-0.3, -0.25) is 0 Å². The third-order valence-electron chi connectivity index (χ3n) is 3.39. The second-order valence-electron chi connectivity index (χ2n) is 5.41. The molecule has 0 spiro atoms. The molecule has 0 aliphatic heterocycles. The van der Waals surface area contributed by atoms with Crippen molar-refractivity contribution in [2.45, 2.75) is 47.1 Å². The lowest BCUT2D eigenvalue weighted by Crippen LogP contribution is -2.43.